The molecule has 0 radical (unpaired) electrons. The zero-order chi connectivity index (χ0) is 20.2. The molecule has 2 heterocycles. The summed E-state index contributed by atoms with van der Waals surface area (Å²) < 4.78 is 4.15. The van der Waals surface area contributed by atoms with Gasteiger partial charge in [-0.05, 0) is 25.5 Å². The Bertz CT molecular complexity index is 1070. The SMILES string of the molecule is Cc1cc(C)n(CCc2c(-c3ccccc3)ncn2[C@H](CO)c2ccccc2)n1. The largest absolute Gasteiger partial charge is 0.394 e. The minimum atomic E-state index is -0.170. The molecule has 5 nitrogen and oxygen atoms in total. The Morgan fingerprint density at radius 3 is 2.28 bits per heavy atom. The molecule has 5 heteroatoms. The van der Waals surface area contributed by atoms with Crippen LogP contribution in [0.15, 0.2) is 73.1 Å². The summed E-state index contributed by atoms with van der Waals surface area (Å²) in [6.45, 7) is 4.87. The van der Waals surface area contributed by atoms with Crippen LogP contribution in [0.1, 0.15) is 28.7 Å². The van der Waals surface area contributed by atoms with Gasteiger partial charge >= 0.3 is 0 Å². The van der Waals surface area contributed by atoms with E-state index in [1.54, 1.807) is 0 Å². The highest BCUT2D eigenvalue weighted by atomic mass is 16.3. The molecule has 0 saturated heterocycles. The van der Waals surface area contributed by atoms with Crippen LogP contribution in [0.2, 0.25) is 0 Å². The third-order valence-corrected chi connectivity index (χ3v) is 5.30. The second-order valence-corrected chi connectivity index (χ2v) is 7.32. The number of imidazole rings is 1. The Morgan fingerprint density at radius 2 is 1.66 bits per heavy atom. The fraction of sp³-hybridized carbons (Fsp3) is 0.250. The normalized spacial score (nSPS) is 12.2. The fourth-order valence-corrected chi connectivity index (χ4v) is 3.88. The van der Waals surface area contributed by atoms with Crippen molar-refractivity contribution in [3.63, 3.8) is 0 Å². The number of hydrogen-bond donors (Lipinski definition) is 1. The topological polar surface area (TPSA) is 55.9 Å². The Kier molecular flexibility index (Phi) is 5.58. The van der Waals surface area contributed by atoms with Crippen LogP contribution in [-0.4, -0.2) is 31.0 Å². The van der Waals surface area contributed by atoms with Gasteiger partial charge in [0.15, 0.2) is 0 Å². The molecule has 0 aliphatic heterocycles. The van der Waals surface area contributed by atoms with Gasteiger partial charge in [-0.3, -0.25) is 4.68 Å². The Hall–Kier alpha value is -3.18. The van der Waals surface area contributed by atoms with E-state index in [1.807, 2.05) is 66.5 Å². The third-order valence-electron chi connectivity index (χ3n) is 5.30. The summed E-state index contributed by atoms with van der Waals surface area (Å²) in [6.07, 6.45) is 2.63. The number of aryl methyl sites for hydroxylation is 3. The van der Waals surface area contributed by atoms with Gasteiger partial charge in [0.05, 0.1) is 30.4 Å². The summed E-state index contributed by atoms with van der Waals surface area (Å²) >= 11 is 0. The molecule has 29 heavy (non-hydrogen) atoms. The second-order valence-electron chi connectivity index (χ2n) is 7.32. The Morgan fingerprint density at radius 1 is 0.966 bits per heavy atom. The lowest BCUT2D eigenvalue weighted by atomic mass is 10.0. The summed E-state index contributed by atoms with van der Waals surface area (Å²) in [5.41, 5.74) is 6.39. The molecule has 0 saturated carbocycles. The first-order valence-corrected chi connectivity index (χ1v) is 9.95. The molecule has 0 unspecified atom stereocenters. The van der Waals surface area contributed by atoms with E-state index in [0.717, 1.165) is 46.9 Å². The Balaban J connectivity index is 1.75. The molecule has 0 amide bonds. The van der Waals surface area contributed by atoms with Crippen LogP contribution >= 0.6 is 0 Å². The van der Waals surface area contributed by atoms with Crippen molar-refractivity contribution in [3.05, 3.63) is 95.7 Å². The molecule has 148 valence electrons. The van der Waals surface area contributed by atoms with Gasteiger partial charge in [-0.25, -0.2) is 4.98 Å². The van der Waals surface area contributed by atoms with Crippen molar-refractivity contribution in [2.45, 2.75) is 32.9 Å². The van der Waals surface area contributed by atoms with Crippen molar-refractivity contribution in [2.24, 2.45) is 0 Å². The monoisotopic (exact) mass is 386 g/mol. The third kappa shape index (κ3) is 4.00. The molecule has 2 aromatic carbocycles. The maximum atomic E-state index is 10.2. The highest BCUT2D eigenvalue weighted by Crippen LogP contribution is 2.28. The molecule has 1 N–H and O–H groups in total. The van der Waals surface area contributed by atoms with Crippen molar-refractivity contribution in [2.75, 3.05) is 6.61 Å². The van der Waals surface area contributed by atoms with E-state index in [0.29, 0.717) is 0 Å². The second kappa shape index (κ2) is 8.45. The molecule has 0 fully saturated rings. The van der Waals surface area contributed by atoms with Crippen LogP contribution in [0.5, 0.6) is 0 Å². The van der Waals surface area contributed by atoms with E-state index in [2.05, 4.69) is 34.8 Å². The number of rotatable bonds is 7. The van der Waals surface area contributed by atoms with E-state index >= 15 is 0 Å². The minimum absolute atomic E-state index is 0.0154. The molecule has 4 aromatic rings. The van der Waals surface area contributed by atoms with E-state index in [1.165, 1.54) is 0 Å². The van der Waals surface area contributed by atoms with Crippen LogP contribution in [0.4, 0.5) is 0 Å². The first-order chi connectivity index (χ1) is 14.2. The summed E-state index contributed by atoms with van der Waals surface area (Å²) in [6, 6.07) is 22.2. The predicted molar refractivity (Wildman–Crippen MR) is 115 cm³/mol. The zero-order valence-corrected chi connectivity index (χ0v) is 16.9. The number of aliphatic hydroxyl groups is 1. The summed E-state index contributed by atoms with van der Waals surface area (Å²) in [5.74, 6) is 0. The van der Waals surface area contributed by atoms with Gasteiger partial charge in [-0.1, -0.05) is 60.7 Å². The van der Waals surface area contributed by atoms with Gasteiger partial charge in [-0.15, -0.1) is 0 Å². The van der Waals surface area contributed by atoms with Crippen LogP contribution in [0.3, 0.4) is 0 Å². The lowest BCUT2D eigenvalue weighted by Crippen LogP contribution is -2.18. The highest BCUT2D eigenvalue weighted by Gasteiger charge is 2.20. The zero-order valence-electron chi connectivity index (χ0n) is 16.9. The lowest BCUT2D eigenvalue weighted by Gasteiger charge is -2.20. The van der Waals surface area contributed by atoms with Crippen LogP contribution in [0, 0.1) is 13.8 Å². The maximum Gasteiger partial charge on any atom is 0.0962 e. The van der Waals surface area contributed by atoms with Crippen LogP contribution in [-0.2, 0) is 13.0 Å². The molecule has 4 rings (SSSR count). The van der Waals surface area contributed by atoms with Crippen molar-refractivity contribution in [1.29, 1.82) is 0 Å². The van der Waals surface area contributed by atoms with Crippen LogP contribution < -0.4 is 0 Å². The molecule has 0 spiro atoms. The average Bonchev–Trinajstić information content (AvgIpc) is 3.31. The maximum absolute atomic E-state index is 10.2. The van der Waals surface area contributed by atoms with Gasteiger partial charge in [-0.2, -0.15) is 5.10 Å². The van der Waals surface area contributed by atoms with Gasteiger partial charge in [0.25, 0.3) is 0 Å². The van der Waals surface area contributed by atoms with Crippen molar-refractivity contribution < 1.29 is 5.11 Å². The highest BCUT2D eigenvalue weighted by molar-refractivity contribution is 5.62. The fourth-order valence-electron chi connectivity index (χ4n) is 3.88. The molecule has 0 bridgehead atoms. The molecule has 0 aliphatic rings. The molecule has 0 aliphatic carbocycles. The first-order valence-electron chi connectivity index (χ1n) is 9.95. The number of nitrogens with zero attached hydrogens (tertiary/aromatic N) is 4. The van der Waals surface area contributed by atoms with E-state index in [9.17, 15) is 5.11 Å². The predicted octanol–water partition coefficient (Wildman–Crippen LogP) is 4.19. The van der Waals surface area contributed by atoms with Crippen molar-refractivity contribution >= 4 is 0 Å². The van der Waals surface area contributed by atoms with Gasteiger partial charge in [0, 0.05) is 29.9 Å². The summed E-state index contributed by atoms with van der Waals surface area (Å²) in [7, 11) is 0. The minimum Gasteiger partial charge on any atom is -0.394 e. The van der Waals surface area contributed by atoms with E-state index in [-0.39, 0.29) is 12.6 Å². The van der Waals surface area contributed by atoms with Crippen LogP contribution in [0.25, 0.3) is 11.3 Å². The van der Waals surface area contributed by atoms with Gasteiger partial charge in [0.1, 0.15) is 0 Å². The summed E-state index contributed by atoms with van der Waals surface area (Å²) in [4.78, 5) is 4.74. The van der Waals surface area contributed by atoms with E-state index < -0.39 is 0 Å². The van der Waals surface area contributed by atoms with Crippen molar-refractivity contribution in [3.8, 4) is 11.3 Å². The first kappa shape index (κ1) is 19.2. The number of hydrogen-bond acceptors (Lipinski definition) is 3. The van der Waals surface area contributed by atoms with Crippen molar-refractivity contribution in [1.82, 2.24) is 19.3 Å². The molecular weight excluding hydrogens is 360 g/mol. The van der Waals surface area contributed by atoms with Gasteiger partial charge in [0.2, 0.25) is 0 Å². The number of aliphatic hydroxyl groups excluding tert-OH is 1. The standard InChI is InChI=1S/C24H26N4O/c1-18-15-19(2)28(26-18)14-13-22-24(21-11-7-4-8-12-21)25-17-27(22)23(16-29)20-9-5-3-6-10-20/h3-12,15,17,23,29H,13-14,16H2,1-2H3/t23-/m1/s1. The quantitative estimate of drug-likeness (QED) is 0.518. The molecular formula is C24H26N4O. The lowest BCUT2D eigenvalue weighted by molar-refractivity contribution is 0.247. The molecule has 1 atom stereocenters. The summed E-state index contributed by atoms with van der Waals surface area (Å²) in [5, 5.41) is 14.8. The van der Waals surface area contributed by atoms with Gasteiger partial charge < -0.3 is 9.67 Å². The Labute approximate surface area is 171 Å². The van der Waals surface area contributed by atoms with E-state index in [4.69, 9.17) is 4.98 Å². The number of aromatic nitrogens is 4. The number of benzene rings is 2. The molecule has 2 aromatic heterocycles. The average molecular weight is 386 g/mol. The smallest absolute Gasteiger partial charge is 0.0962 e.